The van der Waals surface area contributed by atoms with Gasteiger partial charge in [0.2, 0.25) is 0 Å². The van der Waals surface area contributed by atoms with E-state index >= 15 is 0 Å². The van der Waals surface area contributed by atoms with Gasteiger partial charge in [-0.3, -0.25) is 4.55 Å². The van der Waals surface area contributed by atoms with Crippen LogP contribution in [0.1, 0.15) is 33.1 Å². The van der Waals surface area contributed by atoms with E-state index in [1.807, 2.05) is 13.8 Å². The van der Waals surface area contributed by atoms with Crippen LogP contribution in [0.15, 0.2) is 0 Å². The van der Waals surface area contributed by atoms with Gasteiger partial charge in [-0.1, -0.05) is 26.7 Å². The third kappa shape index (κ3) is 6.31. The van der Waals surface area contributed by atoms with Gasteiger partial charge in [-0.25, -0.2) is 0 Å². The van der Waals surface area contributed by atoms with Gasteiger partial charge in [-0.05, 0) is 12.3 Å². The van der Waals surface area contributed by atoms with E-state index in [2.05, 4.69) is 0 Å². The molecule has 0 aromatic heterocycles. The van der Waals surface area contributed by atoms with Crippen LogP contribution in [0.5, 0.6) is 0 Å². The summed E-state index contributed by atoms with van der Waals surface area (Å²) in [5, 5.41) is 0. The first-order chi connectivity index (χ1) is 4.99. The van der Waals surface area contributed by atoms with E-state index in [9.17, 15) is 8.42 Å². The fraction of sp³-hybridized carbons (Fsp3) is 1.00. The van der Waals surface area contributed by atoms with E-state index in [0.717, 1.165) is 19.3 Å². The molecule has 0 aliphatic rings. The van der Waals surface area contributed by atoms with Crippen LogP contribution in [-0.4, -0.2) is 18.7 Å². The van der Waals surface area contributed by atoms with Gasteiger partial charge < -0.3 is 0 Å². The Morgan fingerprint density at radius 3 is 2.18 bits per heavy atom. The molecule has 0 aromatic rings. The van der Waals surface area contributed by atoms with Gasteiger partial charge in [-0.15, -0.1) is 0 Å². The molecular formula is C7H16O3S. The summed E-state index contributed by atoms with van der Waals surface area (Å²) in [6.45, 7) is 3.94. The standard InChI is InChI=1S/C7H16O3S/c1-3-5-7(4-2)6-11(8,9)10/h7H,3-6H2,1-2H3,(H,8,9,10). The highest BCUT2D eigenvalue weighted by molar-refractivity contribution is 7.85. The quantitative estimate of drug-likeness (QED) is 0.655. The Bertz CT molecular complexity index is 184. The van der Waals surface area contributed by atoms with Gasteiger partial charge in [0.15, 0.2) is 0 Å². The lowest BCUT2D eigenvalue weighted by Crippen LogP contribution is -2.14. The summed E-state index contributed by atoms with van der Waals surface area (Å²) in [5.41, 5.74) is 0. The lowest BCUT2D eigenvalue weighted by atomic mass is 10.0. The lowest BCUT2D eigenvalue weighted by molar-refractivity contribution is 0.446. The maximum absolute atomic E-state index is 10.4. The van der Waals surface area contributed by atoms with Crippen LogP contribution in [0.4, 0.5) is 0 Å². The minimum Gasteiger partial charge on any atom is -0.286 e. The van der Waals surface area contributed by atoms with E-state index in [-0.39, 0.29) is 11.7 Å². The highest BCUT2D eigenvalue weighted by atomic mass is 32.2. The molecule has 3 nitrogen and oxygen atoms in total. The Balaban J connectivity index is 3.88. The van der Waals surface area contributed by atoms with E-state index in [1.165, 1.54) is 0 Å². The van der Waals surface area contributed by atoms with Gasteiger partial charge >= 0.3 is 0 Å². The molecule has 0 heterocycles. The molecule has 0 saturated heterocycles. The molecule has 1 atom stereocenters. The van der Waals surface area contributed by atoms with Crippen molar-refractivity contribution in [1.82, 2.24) is 0 Å². The molecule has 4 heteroatoms. The van der Waals surface area contributed by atoms with Crippen LogP contribution in [0.2, 0.25) is 0 Å². The van der Waals surface area contributed by atoms with Crippen LogP contribution in [-0.2, 0) is 10.1 Å². The van der Waals surface area contributed by atoms with Crippen LogP contribution in [0.25, 0.3) is 0 Å². The molecular weight excluding hydrogens is 164 g/mol. The summed E-state index contributed by atoms with van der Waals surface area (Å²) in [4.78, 5) is 0. The summed E-state index contributed by atoms with van der Waals surface area (Å²) < 4.78 is 29.4. The zero-order chi connectivity index (χ0) is 8.91. The summed E-state index contributed by atoms with van der Waals surface area (Å²) in [6, 6.07) is 0. The minimum absolute atomic E-state index is 0.0860. The number of rotatable bonds is 5. The first-order valence-corrected chi connectivity index (χ1v) is 5.55. The van der Waals surface area contributed by atoms with Crippen molar-refractivity contribution >= 4 is 10.1 Å². The van der Waals surface area contributed by atoms with Crippen LogP contribution < -0.4 is 0 Å². The molecule has 0 saturated carbocycles. The Labute approximate surface area is 68.6 Å². The summed E-state index contributed by atoms with van der Waals surface area (Å²) >= 11 is 0. The van der Waals surface area contributed by atoms with Crippen LogP contribution in [0.3, 0.4) is 0 Å². The molecule has 0 spiro atoms. The van der Waals surface area contributed by atoms with E-state index < -0.39 is 10.1 Å². The van der Waals surface area contributed by atoms with Crippen molar-refractivity contribution in [1.29, 1.82) is 0 Å². The van der Waals surface area contributed by atoms with Crippen LogP contribution in [0, 0.1) is 5.92 Å². The van der Waals surface area contributed by atoms with Crippen molar-refractivity contribution in [2.75, 3.05) is 5.75 Å². The monoisotopic (exact) mass is 180 g/mol. The van der Waals surface area contributed by atoms with Crippen molar-refractivity contribution in [2.24, 2.45) is 5.92 Å². The summed E-state index contributed by atoms with van der Waals surface area (Å²) in [7, 11) is -3.76. The maximum Gasteiger partial charge on any atom is 0.265 e. The smallest absolute Gasteiger partial charge is 0.265 e. The normalized spacial score (nSPS) is 14.8. The molecule has 0 aromatic carbocycles. The summed E-state index contributed by atoms with van der Waals surface area (Å²) in [6.07, 6.45) is 2.65. The highest BCUT2D eigenvalue weighted by Crippen LogP contribution is 2.12. The largest absolute Gasteiger partial charge is 0.286 e. The third-order valence-electron chi connectivity index (χ3n) is 1.72. The Morgan fingerprint density at radius 1 is 1.36 bits per heavy atom. The molecule has 0 aliphatic carbocycles. The summed E-state index contributed by atoms with van der Waals surface area (Å²) in [5.74, 6) is 0.0344. The SMILES string of the molecule is CCCC(CC)CS(=O)(=O)O. The van der Waals surface area contributed by atoms with Crippen molar-refractivity contribution in [2.45, 2.75) is 33.1 Å². The van der Waals surface area contributed by atoms with E-state index in [4.69, 9.17) is 4.55 Å². The molecule has 0 aliphatic heterocycles. The molecule has 0 bridgehead atoms. The highest BCUT2D eigenvalue weighted by Gasteiger charge is 2.13. The zero-order valence-corrected chi connectivity index (χ0v) is 7.89. The van der Waals surface area contributed by atoms with Gasteiger partial charge in [0.1, 0.15) is 0 Å². The average molecular weight is 180 g/mol. The van der Waals surface area contributed by atoms with Crippen molar-refractivity contribution in [3.63, 3.8) is 0 Å². The van der Waals surface area contributed by atoms with E-state index in [0.29, 0.717) is 0 Å². The first-order valence-electron chi connectivity index (χ1n) is 3.94. The van der Waals surface area contributed by atoms with E-state index in [1.54, 1.807) is 0 Å². The van der Waals surface area contributed by atoms with Gasteiger partial charge in [0, 0.05) is 0 Å². The third-order valence-corrected chi connectivity index (χ3v) is 2.61. The van der Waals surface area contributed by atoms with Gasteiger partial charge in [0.25, 0.3) is 10.1 Å². The Hall–Kier alpha value is -0.0900. The fourth-order valence-corrected chi connectivity index (χ4v) is 2.11. The van der Waals surface area contributed by atoms with Crippen molar-refractivity contribution < 1.29 is 13.0 Å². The molecule has 0 fully saturated rings. The lowest BCUT2D eigenvalue weighted by Gasteiger charge is -2.10. The molecule has 68 valence electrons. The second-order valence-electron chi connectivity index (χ2n) is 2.81. The van der Waals surface area contributed by atoms with Crippen molar-refractivity contribution in [3.8, 4) is 0 Å². The first kappa shape index (κ1) is 10.9. The fourth-order valence-electron chi connectivity index (χ4n) is 1.11. The molecule has 1 N–H and O–H groups in total. The molecule has 11 heavy (non-hydrogen) atoms. The predicted molar refractivity (Wildman–Crippen MR) is 45.1 cm³/mol. The second kappa shape index (κ2) is 4.72. The molecule has 1 unspecified atom stereocenters. The molecule has 0 amide bonds. The average Bonchev–Trinajstić information content (AvgIpc) is 1.84. The van der Waals surface area contributed by atoms with Gasteiger partial charge in [0.05, 0.1) is 5.75 Å². The predicted octanol–water partition coefficient (Wildman–Crippen LogP) is 1.70. The van der Waals surface area contributed by atoms with Gasteiger partial charge in [-0.2, -0.15) is 8.42 Å². The Morgan fingerprint density at radius 2 is 1.91 bits per heavy atom. The topological polar surface area (TPSA) is 54.4 Å². The second-order valence-corrected chi connectivity index (χ2v) is 4.31. The van der Waals surface area contributed by atoms with Crippen LogP contribution >= 0.6 is 0 Å². The number of hydrogen-bond donors (Lipinski definition) is 1. The van der Waals surface area contributed by atoms with Crippen molar-refractivity contribution in [3.05, 3.63) is 0 Å². The maximum atomic E-state index is 10.4. The minimum atomic E-state index is -3.76. The molecule has 0 rings (SSSR count). The Kier molecular flexibility index (Phi) is 4.68. The number of hydrogen-bond acceptors (Lipinski definition) is 2. The zero-order valence-electron chi connectivity index (χ0n) is 7.08. The molecule has 0 radical (unpaired) electrons.